The molecule has 0 bridgehead atoms. The first-order valence-electron chi connectivity index (χ1n) is 10.1. The van der Waals surface area contributed by atoms with Crippen LogP contribution in [0.5, 0.6) is 0 Å². The molecule has 9 heteroatoms. The number of carbonyl (C=O) groups is 2. The van der Waals surface area contributed by atoms with E-state index in [1.807, 2.05) is 59.5 Å². The molecule has 0 aliphatic carbocycles. The zero-order chi connectivity index (χ0) is 21.8. The highest BCUT2D eigenvalue weighted by molar-refractivity contribution is 7.80. The zero-order valence-electron chi connectivity index (χ0n) is 17.2. The maximum absolute atomic E-state index is 12.8. The highest BCUT2D eigenvalue weighted by atomic mass is 32.1. The van der Waals surface area contributed by atoms with Crippen LogP contribution >= 0.6 is 12.2 Å². The van der Waals surface area contributed by atoms with E-state index >= 15 is 0 Å². The Labute approximate surface area is 186 Å². The summed E-state index contributed by atoms with van der Waals surface area (Å²) >= 11 is 4.94. The summed E-state index contributed by atoms with van der Waals surface area (Å²) in [6, 6.07) is 17.3. The lowest BCUT2D eigenvalue weighted by atomic mass is 10.2. The fourth-order valence-corrected chi connectivity index (χ4v) is 3.78. The normalized spacial score (nSPS) is 18.4. The summed E-state index contributed by atoms with van der Waals surface area (Å²) in [6.07, 6.45) is -0.735. The predicted molar refractivity (Wildman–Crippen MR) is 121 cm³/mol. The molecule has 1 N–H and O–H groups in total. The molecule has 2 aliphatic rings. The minimum Gasteiger partial charge on any atom is -0.474 e. The summed E-state index contributed by atoms with van der Waals surface area (Å²) in [5.41, 5.74) is 2.63. The molecule has 0 saturated carbocycles. The lowest BCUT2D eigenvalue weighted by molar-refractivity contribution is 0.142. The molecule has 0 spiro atoms. The average molecular weight is 441 g/mol. The van der Waals surface area contributed by atoms with E-state index in [1.54, 1.807) is 9.80 Å². The van der Waals surface area contributed by atoms with Gasteiger partial charge in [-0.25, -0.2) is 9.59 Å². The minimum absolute atomic E-state index is 0.0163. The van der Waals surface area contributed by atoms with Gasteiger partial charge in [-0.2, -0.15) is 0 Å². The second kappa shape index (κ2) is 9.22. The second-order valence-electron chi connectivity index (χ2n) is 7.35. The second-order valence-corrected chi connectivity index (χ2v) is 7.72. The van der Waals surface area contributed by atoms with Crippen molar-refractivity contribution in [2.75, 3.05) is 43.1 Å². The summed E-state index contributed by atoms with van der Waals surface area (Å²) in [5, 5.41) is 3.16. The first-order chi connectivity index (χ1) is 15.0. The number of rotatable bonds is 6. The number of ether oxygens (including phenoxy) is 2. The third-order valence-electron chi connectivity index (χ3n) is 5.32. The van der Waals surface area contributed by atoms with E-state index < -0.39 is 6.09 Å². The smallest absolute Gasteiger partial charge is 0.414 e. The number of hydrogen-bond acceptors (Lipinski definition) is 5. The van der Waals surface area contributed by atoms with Crippen LogP contribution in [-0.2, 0) is 16.0 Å². The van der Waals surface area contributed by atoms with Crippen LogP contribution in [0.15, 0.2) is 54.6 Å². The molecule has 2 saturated heterocycles. The molecule has 0 unspecified atom stereocenters. The third kappa shape index (κ3) is 4.72. The van der Waals surface area contributed by atoms with Crippen LogP contribution in [0.25, 0.3) is 0 Å². The molecule has 2 fully saturated rings. The van der Waals surface area contributed by atoms with Crippen molar-refractivity contribution in [1.82, 2.24) is 10.2 Å². The summed E-state index contributed by atoms with van der Waals surface area (Å²) in [5.74, 6) is 0. The van der Waals surface area contributed by atoms with Crippen molar-refractivity contribution < 1.29 is 19.1 Å². The Balaban J connectivity index is 1.37. The highest BCUT2D eigenvalue weighted by Crippen LogP contribution is 2.27. The number of methoxy groups -OCH3 is 1. The first-order valence-corrected chi connectivity index (χ1v) is 10.5. The van der Waals surface area contributed by atoms with Gasteiger partial charge in [-0.05, 0) is 42.0 Å². The molecule has 0 radical (unpaired) electrons. The van der Waals surface area contributed by atoms with Crippen LogP contribution < -0.4 is 15.1 Å². The van der Waals surface area contributed by atoms with Crippen LogP contribution in [0.3, 0.4) is 0 Å². The standard InChI is InChI=1S/C22H24N4O4S/c1-29-20(31)23-13-19-15-26(22(28)30-19)18-9-7-17(8-10-18)25-12-11-24(21(25)27)14-16-5-3-2-4-6-16/h2-10,19H,11-15H2,1H3,(H,23,31)/t19-/m0/s1. The number of benzene rings is 2. The first kappa shape index (κ1) is 20.9. The topological polar surface area (TPSA) is 74.4 Å². The van der Waals surface area contributed by atoms with Crippen molar-refractivity contribution in [2.24, 2.45) is 0 Å². The lowest BCUT2D eigenvalue weighted by Crippen LogP contribution is -2.34. The molecule has 3 amide bonds. The largest absolute Gasteiger partial charge is 0.474 e. The van der Waals surface area contributed by atoms with Gasteiger partial charge in [0.1, 0.15) is 6.10 Å². The van der Waals surface area contributed by atoms with Gasteiger partial charge < -0.3 is 19.7 Å². The van der Waals surface area contributed by atoms with E-state index in [4.69, 9.17) is 21.7 Å². The van der Waals surface area contributed by atoms with E-state index in [1.165, 1.54) is 7.11 Å². The quantitative estimate of drug-likeness (QED) is 0.697. The van der Waals surface area contributed by atoms with E-state index in [0.29, 0.717) is 32.7 Å². The molecule has 162 valence electrons. The summed E-state index contributed by atoms with van der Waals surface area (Å²) in [7, 11) is 1.48. The Bertz CT molecular complexity index is 954. The Morgan fingerprint density at radius 1 is 1.06 bits per heavy atom. The monoisotopic (exact) mass is 440 g/mol. The van der Waals surface area contributed by atoms with Crippen molar-refractivity contribution in [1.29, 1.82) is 0 Å². The van der Waals surface area contributed by atoms with Gasteiger partial charge in [-0.1, -0.05) is 30.3 Å². The molecule has 2 heterocycles. The Kier molecular flexibility index (Phi) is 6.22. The van der Waals surface area contributed by atoms with Crippen LogP contribution in [-0.4, -0.2) is 61.6 Å². The van der Waals surface area contributed by atoms with Crippen LogP contribution in [0.4, 0.5) is 21.0 Å². The molecule has 2 aromatic rings. The van der Waals surface area contributed by atoms with Crippen LogP contribution in [0.1, 0.15) is 5.56 Å². The molecule has 1 atom stereocenters. The van der Waals surface area contributed by atoms with Crippen molar-refractivity contribution in [3.8, 4) is 0 Å². The van der Waals surface area contributed by atoms with Crippen molar-refractivity contribution >= 4 is 40.9 Å². The van der Waals surface area contributed by atoms with Gasteiger partial charge >= 0.3 is 12.1 Å². The number of urea groups is 1. The number of nitrogens with zero attached hydrogens (tertiary/aromatic N) is 3. The van der Waals surface area contributed by atoms with Crippen LogP contribution in [0.2, 0.25) is 0 Å². The number of amides is 3. The number of thiocarbonyl (C=S) groups is 1. The van der Waals surface area contributed by atoms with E-state index in [9.17, 15) is 9.59 Å². The maximum atomic E-state index is 12.8. The molecule has 0 aromatic heterocycles. The van der Waals surface area contributed by atoms with Crippen molar-refractivity contribution in [3.05, 3.63) is 60.2 Å². The SMILES string of the molecule is COC(=S)NC[C@H]1CN(c2ccc(N3CCN(Cc4ccccc4)C3=O)cc2)C(=O)O1. The molecule has 8 nitrogen and oxygen atoms in total. The van der Waals surface area contributed by atoms with Crippen molar-refractivity contribution in [2.45, 2.75) is 12.6 Å². The number of carbonyl (C=O) groups excluding carboxylic acids is 2. The van der Waals surface area contributed by atoms with Gasteiger partial charge in [0.25, 0.3) is 5.17 Å². The third-order valence-corrected chi connectivity index (χ3v) is 5.63. The molecule has 4 rings (SSSR count). The Morgan fingerprint density at radius 3 is 2.42 bits per heavy atom. The van der Waals surface area contributed by atoms with Gasteiger partial charge in [-0.3, -0.25) is 9.80 Å². The van der Waals surface area contributed by atoms with Gasteiger partial charge in [0, 0.05) is 31.0 Å². The van der Waals surface area contributed by atoms with Gasteiger partial charge in [0.05, 0.1) is 20.2 Å². The highest BCUT2D eigenvalue weighted by Gasteiger charge is 2.33. The fraction of sp³-hybridized carbons (Fsp3) is 0.318. The minimum atomic E-state index is -0.408. The van der Waals surface area contributed by atoms with E-state index in [0.717, 1.165) is 16.9 Å². The predicted octanol–water partition coefficient (Wildman–Crippen LogP) is 2.97. The number of nitrogens with one attached hydrogen (secondary N) is 1. The number of anilines is 2. The van der Waals surface area contributed by atoms with Crippen molar-refractivity contribution in [3.63, 3.8) is 0 Å². The maximum Gasteiger partial charge on any atom is 0.414 e. The molecule has 2 aromatic carbocycles. The van der Waals surface area contributed by atoms with E-state index in [-0.39, 0.29) is 17.3 Å². The zero-order valence-corrected chi connectivity index (χ0v) is 18.0. The average Bonchev–Trinajstić information content (AvgIpc) is 3.35. The Morgan fingerprint density at radius 2 is 1.74 bits per heavy atom. The molecular weight excluding hydrogens is 416 g/mol. The molecular formula is C22H24N4O4S. The van der Waals surface area contributed by atoms with Gasteiger partial charge in [0.15, 0.2) is 0 Å². The lowest BCUT2D eigenvalue weighted by Gasteiger charge is -2.20. The number of cyclic esters (lactones) is 1. The van der Waals surface area contributed by atoms with Gasteiger partial charge in [0.2, 0.25) is 0 Å². The van der Waals surface area contributed by atoms with Crippen LogP contribution in [0, 0.1) is 0 Å². The molecule has 31 heavy (non-hydrogen) atoms. The summed E-state index contributed by atoms with van der Waals surface area (Å²) in [4.78, 5) is 30.3. The van der Waals surface area contributed by atoms with E-state index in [2.05, 4.69) is 5.32 Å². The molecule has 2 aliphatic heterocycles. The number of hydrogen-bond donors (Lipinski definition) is 1. The van der Waals surface area contributed by atoms with Gasteiger partial charge in [-0.15, -0.1) is 0 Å². The Hall–Kier alpha value is -3.33. The fourth-order valence-electron chi connectivity index (χ4n) is 3.69. The summed E-state index contributed by atoms with van der Waals surface area (Å²) < 4.78 is 10.3. The summed E-state index contributed by atoms with van der Waals surface area (Å²) in [6.45, 7) is 2.68.